The Bertz CT molecular complexity index is 951. The van der Waals surface area contributed by atoms with Crippen LogP contribution in [0.15, 0.2) is 15.3 Å². The molecule has 1 aromatic carbocycles. The minimum absolute atomic E-state index is 0.0411. The Morgan fingerprint density at radius 3 is 2.72 bits per heavy atom. The van der Waals surface area contributed by atoms with Gasteiger partial charge < -0.3 is 29.8 Å². The molecule has 2 aliphatic rings. The first-order chi connectivity index (χ1) is 14.0. The molecule has 0 radical (unpaired) electrons. The molecule has 0 bridgehead atoms. The molecule has 0 aliphatic carbocycles. The highest BCUT2D eigenvalue weighted by molar-refractivity contribution is 5.90. The number of phenolic OH excluding ortho intramolecular Hbond substituents is 2. The summed E-state index contributed by atoms with van der Waals surface area (Å²) in [4.78, 5) is 14.8. The first kappa shape index (κ1) is 20.2. The highest BCUT2D eigenvalue weighted by atomic mass is 16.5. The summed E-state index contributed by atoms with van der Waals surface area (Å²) in [7, 11) is 0. The number of rotatable bonds is 4. The van der Waals surface area contributed by atoms with Crippen molar-refractivity contribution >= 4 is 11.0 Å². The molecule has 8 heteroatoms. The smallest absolute Gasteiger partial charge is 0.196 e. The van der Waals surface area contributed by atoms with Gasteiger partial charge in [-0.05, 0) is 25.8 Å². The molecule has 0 amide bonds. The fraction of sp³-hybridized carbons (Fsp3) is 0.571. The predicted octanol–water partition coefficient (Wildman–Crippen LogP) is 1.03. The standard InChI is InChI=1S/C21H28N2O6/c1-12-8-16(25)18-20(27)15(10-23-4-6-28-7-5-23)19(26)17(21(18)29-12)14-2-3-22-9-13(14)11-24/h8,13-14,22,24,26-27H,2-7,9-11H2,1H3. The third-order valence-electron chi connectivity index (χ3n) is 6.08. The van der Waals surface area contributed by atoms with Crippen molar-refractivity contribution in [3.8, 4) is 11.5 Å². The summed E-state index contributed by atoms with van der Waals surface area (Å²) in [5.41, 5.74) is 0.740. The maximum absolute atomic E-state index is 12.8. The average Bonchev–Trinajstić information content (AvgIpc) is 2.71. The van der Waals surface area contributed by atoms with E-state index in [2.05, 4.69) is 10.2 Å². The molecule has 0 saturated carbocycles. The number of aryl methyl sites for hydroxylation is 1. The average molecular weight is 404 g/mol. The van der Waals surface area contributed by atoms with Crippen LogP contribution in [0.1, 0.15) is 29.2 Å². The van der Waals surface area contributed by atoms with Crippen LogP contribution < -0.4 is 10.7 Å². The van der Waals surface area contributed by atoms with E-state index in [4.69, 9.17) is 9.15 Å². The Hall–Kier alpha value is -2.13. The summed E-state index contributed by atoms with van der Waals surface area (Å²) >= 11 is 0. The van der Waals surface area contributed by atoms with Crippen molar-refractivity contribution < 1.29 is 24.5 Å². The van der Waals surface area contributed by atoms with E-state index in [0.717, 1.165) is 6.54 Å². The van der Waals surface area contributed by atoms with Gasteiger partial charge in [0.1, 0.15) is 28.2 Å². The Kier molecular flexibility index (Phi) is 5.78. The minimum Gasteiger partial charge on any atom is -0.507 e. The van der Waals surface area contributed by atoms with Crippen molar-refractivity contribution in [2.75, 3.05) is 46.0 Å². The van der Waals surface area contributed by atoms with Crippen molar-refractivity contribution in [1.82, 2.24) is 10.2 Å². The lowest BCUT2D eigenvalue weighted by molar-refractivity contribution is 0.0335. The molecule has 1 aromatic heterocycles. The van der Waals surface area contributed by atoms with E-state index in [1.54, 1.807) is 6.92 Å². The fourth-order valence-electron chi connectivity index (χ4n) is 4.53. The number of aliphatic hydroxyl groups excluding tert-OH is 1. The molecule has 2 aliphatic heterocycles. The van der Waals surface area contributed by atoms with Gasteiger partial charge in [-0.3, -0.25) is 9.69 Å². The Morgan fingerprint density at radius 2 is 2.00 bits per heavy atom. The second kappa shape index (κ2) is 8.31. The molecule has 3 heterocycles. The number of aromatic hydroxyl groups is 2. The van der Waals surface area contributed by atoms with Crippen molar-refractivity contribution in [3.63, 3.8) is 0 Å². The van der Waals surface area contributed by atoms with Gasteiger partial charge in [0, 0.05) is 50.3 Å². The van der Waals surface area contributed by atoms with Crippen LogP contribution in [0.3, 0.4) is 0 Å². The number of phenols is 2. The molecule has 4 rings (SSSR count). The van der Waals surface area contributed by atoms with Crippen LogP contribution in [0, 0.1) is 12.8 Å². The summed E-state index contributed by atoms with van der Waals surface area (Å²) in [5, 5.41) is 35.5. The minimum atomic E-state index is -0.333. The number of morpholine rings is 1. The maximum Gasteiger partial charge on any atom is 0.196 e. The van der Waals surface area contributed by atoms with Crippen LogP contribution in [0.2, 0.25) is 0 Å². The Labute approximate surface area is 168 Å². The summed E-state index contributed by atoms with van der Waals surface area (Å²) < 4.78 is 11.3. The van der Waals surface area contributed by atoms with Crippen LogP contribution >= 0.6 is 0 Å². The molecule has 2 aromatic rings. The number of benzene rings is 1. The van der Waals surface area contributed by atoms with E-state index in [0.29, 0.717) is 62.7 Å². The van der Waals surface area contributed by atoms with E-state index in [1.807, 2.05) is 0 Å². The number of hydrogen-bond acceptors (Lipinski definition) is 8. The van der Waals surface area contributed by atoms with Gasteiger partial charge in [0.2, 0.25) is 0 Å². The monoisotopic (exact) mass is 404 g/mol. The lowest BCUT2D eigenvalue weighted by Crippen LogP contribution is -2.38. The van der Waals surface area contributed by atoms with Gasteiger partial charge in [-0.1, -0.05) is 0 Å². The van der Waals surface area contributed by atoms with Gasteiger partial charge in [-0.2, -0.15) is 0 Å². The van der Waals surface area contributed by atoms with E-state index >= 15 is 0 Å². The van der Waals surface area contributed by atoms with E-state index in [9.17, 15) is 20.1 Å². The van der Waals surface area contributed by atoms with Crippen LogP contribution in [0.4, 0.5) is 0 Å². The molecule has 8 nitrogen and oxygen atoms in total. The van der Waals surface area contributed by atoms with Gasteiger partial charge >= 0.3 is 0 Å². The molecule has 29 heavy (non-hydrogen) atoms. The molecule has 2 fully saturated rings. The molecule has 2 saturated heterocycles. The van der Waals surface area contributed by atoms with Crippen LogP contribution in [-0.4, -0.2) is 66.2 Å². The van der Waals surface area contributed by atoms with Gasteiger partial charge in [-0.25, -0.2) is 0 Å². The van der Waals surface area contributed by atoms with E-state index in [-0.39, 0.29) is 46.3 Å². The van der Waals surface area contributed by atoms with Crippen molar-refractivity contribution in [1.29, 1.82) is 0 Å². The molecule has 2 atom stereocenters. The van der Waals surface area contributed by atoms with Gasteiger partial charge in [0.15, 0.2) is 5.43 Å². The highest BCUT2D eigenvalue weighted by Crippen LogP contribution is 2.46. The Balaban J connectivity index is 1.93. The number of fused-ring (bicyclic) bond motifs is 1. The molecule has 2 unspecified atom stereocenters. The predicted molar refractivity (Wildman–Crippen MR) is 107 cm³/mol. The van der Waals surface area contributed by atoms with Gasteiger partial charge in [0.25, 0.3) is 0 Å². The number of aliphatic hydroxyl groups is 1. The zero-order chi connectivity index (χ0) is 20.5. The number of hydrogen-bond donors (Lipinski definition) is 4. The van der Waals surface area contributed by atoms with E-state index in [1.165, 1.54) is 6.07 Å². The Morgan fingerprint density at radius 1 is 1.24 bits per heavy atom. The largest absolute Gasteiger partial charge is 0.507 e. The zero-order valence-electron chi connectivity index (χ0n) is 16.6. The molecular formula is C21H28N2O6. The molecule has 4 N–H and O–H groups in total. The van der Waals surface area contributed by atoms with Crippen LogP contribution in [0.5, 0.6) is 11.5 Å². The van der Waals surface area contributed by atoms with Crippen molar-refractivity contribution in [2.45, 2.75) is 25.8 Å². The lowest BCUT2D eigenvalue weighted by atomic mass is 9.79. The van der Waals surface area contributed by atoms with E-state index < -0.39 is 0 Å². The first-order valence-corrected chi connectivity index (χ1v) is 10.1. The fourth-order valence-corrected chi connectivity index (χ4v) is 4.53. The molecule has 158 valence electrons. The summed E-state index contributed by atoms with van der Waals surface area (Å²) in [6, 6.07) is 1.35. The van der Waals surface area contributed by atoms with Crippen molar-refractivity contribution in [2.24, 2.45) is 5.92 Å². The normalized spacial score (nSPS) is 23.5. The number of ether oxygens (including phenoxy) is 1. The van der Waals surface area contributed by atoms with Gasteiger partial charge in [0.05, 0.1) is 18.8 Å². The SMILES string of the molecule is Cc1cc(=O)c2c(O)c(CN3CCOCC3)c(O)c(C3CCNCC3CO)c2o1. The second-order valence-corrected chi connectivity index (χ2v) is 7.95. The van der Waals surface area contributed by atoms with Crippen LogP contribution in [-0.2, 0) is 11.3 Å². The third kappa shape index (κ3) is 3.73. The van der Waals surface area contributed by atoms with Gasteiger partial charge in [-0.15, -0.1) is 0 Å². The number of piperidine rings is 1. The quantitative estimate of drug-likeness (QED) is 0.597. The zero-order valence-corrected chi connectivity index (χ0v) is 16.6. The number of nitrogens with zero attached hydrogens (tertiary/aromatic N) is 1. The van der Waals surface area contributed by atoms with Crippen LogP contribution in [0.25, 0.3) is 11.0 Å². The molecular weight excluding hydrogens is 376 g/mol. The highest BCUT2D eigenvalue weighted by Gasteiger charge is 2.34. The summed E-state index contributed by atoms with van der Waals surface area (Å²) in [6.45, 7) is 5.82. The molecule has 0 spiro atoms. The third-order valence-corrected chi connectivity index (χ3v) is 6.08. The maximum atomic E-state index is 12.8. The topological polar surface area (TPSA) is 115 Å². The first-order valence-electron chi connectivity index (χ1n) is 10.1. The van der Waals surface area contributed by atoms with Crippen molar-refractivity contribution in [3.05, 3.63) is 33.2 Å². The second-order valence-electron chi connectivity index (χ2n) is 7.95. The summed E-state index contributed by atoms with van der Waals surface area (Å²) in [5.74, 6) is -0.156. The lowest BCUT2D eigenvalue weighted by Gasteiger charge is -2.33. The summed E-state index contributed by atoms with van der Waals surface area (Å²) in [6.07, 6.45) is 0.688. The number of nitrogens with one attached hydrogen (secondary N) is 1.